The van der Waals surface area contributed by atoms with Crippen molar-refractivity contribution in [2.24, 2.45) is 0 Å². The molecule has 0 spiro atoms. The number of nitrogens with one attached hydrogen (secondary N) is 1. The summed E-state index contributed by atoms with van der Waals surface area (Å²) < 4.78 is 0. The van der Waals surface area contributed by atoms with E-state index in [1.54, 1.807) is 18.7 Å². The average Bonchev–Trinajstić information content (AvgIpc) is 2.28. The molecule has 0 aliphatic rings. The molecule has 3 nitrogen and oxygen atoms in total. The molecule has 0 radical (unpaired) electrons. The zero-order chi connectivity index (χ0) is 11.8. The molecule has 16 heavy (non-hydrogen) atoms. The summed E-state index contributed by atoms with van der Waals surface area (Å²) in [5, 5.41) is 11.6. The average molecular weight is 239 g/mol. The van der Waals surface area contributed by atoms with E-state index in [2.05, 4.69) is 5.32 Å². The van der Waals surface area contributed by atoms with Crippen molar-refractivity contribution < 1.29 is 9.90 Å². The highest BCUT2D eigenvalue weighted by Crippen LogP contribution is 2.10. The third kappa shape index (κ3) is 5.78. The normalized spacial score (nSPS) is 12.1. The number of carbonyl (C=O) groups is 1. The first-order valence-electron chi connectivity index (χ1n) is 5.25. The van der Waals surface area contributed by atoms with E-state index in [0.717, 1.165) is 5.75 Å². The summed E-state index contributed by atoms with van der Waals surface area (Å²) in [5.41, 5.74) is 1.22. The lowest BCUT2D eigenvalue weighted by atomic mass is 10.2. The van der Waals surface area contributed by atoms with Crippen LogP contribution in [0.3, 0.4) is 0 Å². The molecule has 0 aromatic heterocycles. The van der Waals surface area contributed by atoms with Gasteiger partial charge in [-0.3, -0.25) is 4.79 Å². The molecule has 0 aliphatic heterocycles. The summed E-state index contributed by atoms with van der Waals surface area (Å²) in [7, 11) is 0. The number of aliphatic hydroxyl groups is 1. The van der Waals surface area contributed by atoms with Gasteiger partial charge in [-0.25, -0.2) is 0 Å². The quantitative estimate of drug-likeness (QED) is 0.789. The molecule has 0 aliphatic carbocycles. The van der Waals surface area contributed by atoms with Crippen molar-refractivity contribution in [3.8, 4) is 0 Å². The SMILES string of the molecule is C[C@H](O)CNC(=O)CSCc1ccccc1. The van der Waals surface area contributed by atoms with Gasteiger partial charge in [-0.05, 0) is 12.5 Å². The second kappa shape index (κ2) is 7.30. The Morgan fingerprint density at radius 2 is 2.12 bits per heavy atom. The number of hydrogen-bond acceptors (Lipinski definition) is 3. The van der Waals surface area contributed by atoms with Gasteiger partial charge in [0.2, 0.25) is 5.91 Å². The Bertz CT molecular complexity index is 314. The van der Waals surface area contributed by atoms with Gasteiger partial charge in [0.25, 0.3) is 0 Å². The van der Waals surface area contributed by atoms with Crippen LogP contribution in [-0.2, 0) is 10.5 Å². The molecule has 0 bridgehead atoms. The second-order valence-electron chi connectivity index (χ2n) is 3.63. The molecule has 0 saturated heterocycles. The summed E-state index contributed by atoms with van der Waals surface area (Å²) >= 11 is 1.57. The fraction of sp³-hybridized carbons (Fsp3) is 0.417. The number of carbonyl (C=O) groups excluding carboxylic acids is 1. The first kappa shape index (κ1) is 13.1. The molecule has 1 aromatic carbocycles. The molecule has 0 saturated carbocycles. The molecule has 0 heterocycles. The minimum Gasteiger partial charge on any atom is -0.392 e. The highest BCUT2D eigenvalue weighted by molar-refractivity contribution is 7.99. The van der Waals surface area contributed by atoms with Crippen molar-refractivity contribution in [3.05, 3.63) is 35.9 Å². The van der Waals surface area contributed by atoms with Crippen molar-refractivity contribution in [3.63, 3.8) is 0 Å². The highest BCUT2D eigenvalue weighted by Gasteiger charge is 2.02. The second-order valence-corrected chi connectivity index (χ2v) is 4.62. The van der Waals surface area contributed by atoms with Gasteiger partial charge in [0.15, 0.2) is 0 Å². The van der Waals surface area contributed by atoms with Crippen LogP contribution in [0.4, 0.5) is 0 Å². The maximum Gasteiger partial charge on any atom is 0.230 e. The molecule has 1 aromatic rings. The summed E-state index contributed by atoms with van der Waals surface area (Å²) in [4.78, 5) is 11.3. The molecular formula is C12H17NO2S. The molecule has 88 valence electrons. The number of aliphatic hydroxyl groups excluding tert-OH is 1. The van der Waals surface area contributed by atoms with Crippen molar-refractivity contribution in [1.82, 2.24) is 5.32 Å². The lowest BCUT2D eigenvalue weighted by Crippen LogP contribution is -2.31. The van der Waals surface area contributed by atoms with Crippen LogP contribution in [0.15, 0.2) is 30.3 Å². The van der Waals surface area contributed by atoms with Gasteiger partial charge in [0, 0.05) is 12.3 Å². The highest BCUT2D eigenvalue weighted by atomic mass is 32.2. The summed E-state index contributed by atoms with van der Waals surface area (Å²) in [6.07, 6.45) is -0.483. The van der Waals surface area contributed by atoms with Crippen LogP contribution in [0.5, 0.6) is 0 Å². The Morgan fingerprint density at radius 3 is 2.75 bits per heavy atom. The van der Waals surface area contributed by atoms with Gasteiger partial charge in [0.1, 0.15) is 0 Å². The smallest absolute Gasteiger partial charge is 0.230 e. The molecule has 4 heteroatoms. The van der Waals surface area contributed by atoms with Gasteiger partial charge in [-0.1, -0.05) is 30.3 Å². The standard InChI is InChI=1S/C12H17NO2S/c1-10(14)7-13-12(15)9-16-8-11-5-3-2-4-6-11/h2-6,10,14H,7-9H2,1H3,(H,13,15)/t10-/m0/s1. The zero-order valence-corrected chi connectivity index (χ0v) is 10.2. The molecule has 1 amide bonds. The number of thioether (sulfide) groups is 1. The van der Waals surface area contributed by atoms with Crippen LogP contribution in [0, 0.1) is 0 Å². The summed E-state index contributed by atoms with van der Waals surface area (Å²) in [5.74, 6) is 1.24. The summed E-state index contributed by atoms with van der Waals surface area (Å²) in [6, 6.07) is 10.0. The maximum absolute atomic E-state index is 11.3. The lowest BCUT2D eigenvalue weighted by Gasteiger charge is -2.06. The van der Waals surface area contributed by atoms with Crippen LogP contribution in [0.2, 0.25) is 0 Å². The molecule has 1 atom stereocenters. The Kier molecular flexibility index (Phi) is 5.96. The van der Waals surface area contributed by atoms with E-state index in [1.807, 2.05) is 30.3 Å². The first-order chi connectivity index (χ1) is 7.68. The molecule has 0 unspecified atom stereocenters. The monoisotopic (exact) mass is 239 g/mol. The molecule has 0 fully saturated rings. The molecule has 2 N–H and O–H groups in total. The maximum atomic E-state index is 11.3. The topological polar surface area (TPSA) is 49.3 Å². The van der Waals surface area contributed by atoms with Crippen LogP contribution < -0.4 is 5.32 Å². The third-order valence-electron chi connectivity index (χ3n) is 1.94. The number of rotatable bonds is 6. The largest absolute Gasteiger partial charge is 0.392 e. The Balaban J connectivity index is 2.13. The van der Waals surface area contributed by atoms with E-state index in [1.165, 1.54) is 5.56 Å². The zero-order valence-electron chi connectivity index (χ0n) is 9.35. The summed E-state index contributed by atoms with van der Waals surface area (Å²) in [6.45, 7) is 1.97. The van der Waals surface area contributed by atoms with Crippen LogP contribution >= 0.6 is 11.8 Å². The van der Waals surface area contributed by atoms with Crippen LogP contribution in [-0.4, -0.2) is 29.4 Å². The molecular weight excluding hydrogens is 222 g/mol. The lowest BCUT2D eigenvalue weighted by molar-refractivity contribution is -0.118. The number of amides is 1. The van der Waals surface area contributed by atoms with E-state index in [-0.39, 0.29) is 5.91 Å². The first-order valence-corrected chi connectivity index (χ1v) is 6.40. The predicted octanol–water partition coefficient (Wildman–Crippen LogP) is 1.42. The molecule has 1 rings (SSSR count). The Labute approximate surface area is 100 Å². The van der Waals surface area contributed by atoms with Crippen LogP contribution in [0.1, 0.15) is 12.5 Å². The number of benzene rings is 1. The van der Waals surface area contributed by atoms with E-state index in [4.69, 9.17) is 5.11 Å². The fourth-order valence-corrected chi connectivity index (χ4v) is 1.97. The van der Waals surface area contributed by atoms with Gasteiger partial charge in [-0.2, -0.15) is 0 Å². The van der Waals surface area contributed by atoms with E-state index in [0.29, 0.717) is 12.3 Å². The van der Waals surface area contributed by atoms with Crippen LogP contribution in [0.25, 0.3) is 0 Å². The third-order valence-corrected chi connectivity index (χ3v) is 2.94. The Hall–Kier alpha value is -1.00. The Morgan fingerprint density at radius 1 is 1.44 bits per heavy atom. The predicted molar refractivity (Wildman–Crippen MR) is 67.3 cm³/mol. The minimum atomic E-state index is -0.483. The van der Waals surface area contributed by atoms with Gasteiger partial charge in [0.05, 0.1) is 11.9 Å². The fourth-order valence-electron chi connectivity index (χ4n) is 1.15. The van der Waals surface area contributed by atoms with Crippen molar-refractivity contribution in [1.29, 1.82) is 0 Å². The van der Waals surface area contributed by atoms with Gasteiger partial charge < -0.3 is 10.4 Å². The van der Waals surface area contributed by atoms with Gasteiger partial charge in [-0.15, -0.1) is 11.8 Å². The van der Waals surface area contributed by atoms with Gasteiger partial charge >= 0.3 is 0 Å². The van der Waals surface area contributed by atoms with Crippen molar-refractivity contribution in [2.75, 3.05) is 12.3 Å². The number of hydrogen-bond donors (Lipinski definition) is 2. The van der Waals surface area contributed by atoms with Crippen molar-refractivity contribution in [2.45, 2.75) is 18.8 Å². The van der Waals surface area contributed by atoms with E-state index < -0.39 is 6.10 Å². The van der Waals surface area contributed by atoms with Crippen molar-refractivity contribution >= 4 is 17.7 Å². The minimum absolute atomic E-state index is 0.0261. The van der Waals surface area contributed by atoms with E-state index in [9.17, 15) is 4.79 Å². The van der Waals surface area contributed by atoms with E-state index >= 15 is 0 Å².